The SMILES string of the molecule is CC(=O)c1c(F)cccc1N1CCN(Cc2cc(C)no2)CC1. The van der Waals surface area contributed by atoms with Gasteiger partial charge in [0.05, 0.1) is 23.5 Å². The molecule has 1 aliphatic heterocycles. The highest BCUT2D eigenvalue weighted by molar-refractivity contribution is 6.00. The average Bonchev–Trinajstić information content (AvgIpc) is 2.92. The quantitative estimate of drug-likeness (QED) is 0.812. The van der Waals surface area contributed by atoms with Crippen molar-refractivity contribution < 1.29 is 13.7 Å². The topological polar surface area (TPSA) is 49.6 Å². The molecule has 0 saturated carbocycles. The lowest BCUT2D eigenvalue weighted by Crippen LogP contribution is -2.46. The van der Waals surface area contributed by atoms with E-state index in [1.165, 1.54) is 13.0 Å². The van der Waals surface area contributed by atoms with E-state index in [0.717, 1.165) is 44.2 Å². The standard InChI is InChI=1S/C17H20FN3O2/c1-12-10-14(23-19-12)11-20-6-8-21(9-7-20)16-5-3-4-15(18)17(16)13(2)22/h3-5,10H,6-9,11H2,1-2H3. The zero-order chi connectivity index (χ0) is 16.4. The van der Waals surface area contributed by atoms with Crippen molar-refractivity contribution in [3.05, 3.63) is 47.1 Å². The molecule has 5 nitrogen and oxygen atoms in total. The van der Waals surface area contributed by atoms with Crippen LogP contribution in [0, 0.1) is 12.7 Å². The predicted molar refractivity (Wildman–Crippen MR) is 85.1 cm³/mol. The van der Waals surface area contributed by atoms with Crippen LogP contribution >= 0.6 is 0 Å². The molecule has 0 aliphatic carbocycles. The summed E-state index contributed by atoms with van der Waals surface area (Å²) in [5, 5.41) is 3.89. The number of hydrogen-bond donors (Lipinski definition) is 0. The van der Waals surface area contributed by atoms with Gasteiger partial charge in [0.15, 0.2) is 11.5 Å². The number of aromatic nitrogens is 1. The van der Waals surface area contributed by atoms with Gasteiger partial charge in [0, 0.05) is 32.2 Å². The minimum atomic E-state index is -0.449. The summed E-state index contributed by atoms with van der Waals surface area (Å²) in [6.45, 7) is 7.18. The minimum Gasteiger partial charge on any atom is -0.368 e. The molecule has 0 radical (unpaired) electrons. The van der Waals surface area contributed by atoms with E-state index in [4.69, 9.17) is 4.52 Å². The highest BCUT2D eigenvalue weighted by Crippen LogP contribution is 2.25. The van der Waals surface area contributed by atoms with Gasteiger partial charge in [-0.05, 0) is 26.0 Å². The van der Waals surface area contributed by atoms with Gasteiger partial charge in [-0.1, -0.05) is 11.2 Å². The van der Waals surface area contributed by atoms with Gasteiger partial charge in [0.2, 0.25) is 0 Å². The second-order valence-corrected chi connectivity index (χ2v) is 5.89. The third-order valence-electron chi connectivity index (χ3n) is 4.11. The van der Waals surface area contributed by atoms with Crippen LogP contribution in [0.15, 0.2) is 28.8 Å². The molecular weight excluding hydrogens is 297 g/mol. The van der Waals surface area contributed by atoms with Crippen molar-refractivity contribution in [2.75, 3.05) is 31.1 Å². The molecule has 0 atom stereocenters. The van der Waals surface area contributed by atoms with Gasteiger partial charge in [0.25, 0.3) is 0 Å². The molecule has 0 unspecified atom stereocenters. The van der Waals surface area contributed by atoms with Crippen LogP contribution in [0.1, 0.15) is 28.7 Å². The fourth-order valence-corrected chi connectivity index (χ4v) is 2.98. The second-order valence-electron chi connectivity index (χ2n) is 5.89. The lowest BCUT2D eigenvalue weighted by molar-refractivity contribution is 0.101. The van der Waals surface area contributed by atoms with Crippen LogP contribution in [0.4, 0.5) is 10.1 Å². The van der Waals surface area contributed by atoms with Crippen LogP contribution in [0.5, 0.6) is 0 Å². The Labute approximate surface area is 134 Å². The number of ketones is 1. The van der Waals surface area contributed by atoms with E-state index in [-0.39, 0.29) is 11.3 Å². The van der Waals surface area contributed by atoms with Gasteiger partial charge in [-0.15, -0.1) is 0 Å². The Balaban J connectivity index is 1.67. The average molecular weight is 317 g/mol. The number of benzene rings is 1. The maximum atomic E-state index is 13.9. The molecule has 0 amide bonds. The van der Waals surface area contributed by atoms with Crippen LogP contribution in [-0.2, 0) is 6.54 Å². The van der Waals surface area contributed by atoms with Crippen LogP contribution < -0.4 is 4.90 Å². The summed E-state index contributed by atoms with van der Waals surface area (Å²) in [5.41, 5.74) is 1.75. The zero-order valence-electron chi connectivity index (χ0n) is 13.4. The summed E-state index contributed by atoms with van der Waals surface area (Å²) in [6.07, 6.45) is 0. The Kier molecular flexibility index (Phi) is 4.43. The summed E-state index contributed by atoms with van der Waals surface area (Å²) in [7, 11) is 0. The van der Waals surface area contributed by atoms with Crippen molar-refractivity contribution in [3.63, 3.8) is 0 Å². The number of aryl methyl sites for hydroxylation is 1. The first kappa shape index (κ1) is 15.7. The van der Waals surface area contributed by atoms with Crippen molar-refractivity contribution in [1.82, 2.24) is 10.1 Å². The monoisotopic (exact) mass is 317 g/mol. The van der Waals surface area contributed by atoms with Crippen molar-refractivity contribution >= 4 is 11.5 Å². The van der Waals surface area contributed by atoms with E-state index < -0.39 is 5.82 Å². The van der Waals surface area contributed by atoms with Crippen LogP contribution in [-0.4, -0.2) is 42.0 Å². The molecule has 1 aromatic carbocycles. The molecule has 0 N–H and O–H groups in total. The number of Topliss-reactive ketones (excluding diaryl/α,β-unsaturated/α-hetero) is 1. The summed E-state index contributed by atoms with van der Waals surface area (Å²) < 4.78 is 19.2. The number of hydrogen-bond acceptors (Lipinski definition) is 5. The van der Waals surface area contributed by atoms with E-state index in [1.807, 2.05) is 19.1 Å². The Bertz CT molecular complexity index is 706. The van der Waals surface area contributed by atoms with Crippen LogP contribution in [0.25, 0.3) is 0 Å². The molecule has 0 bridgehead atoms. The highest BCUT2D eigenvalue weighted by Gasteiger charge is 2.23. The lowest BCUT2D eigenvalue weighted by atomic mass is 10.1. The van der Waals surface area contributed by atoms with Gasteiger partial charge < -0.3 is 9.42 Å². The third kappa shape index (κ3) is 3.42. The maximum absolute atomic E-state index is 13.9. The molecule has 2 heterocycles. The van der Waals surface area contributed by atoms with Crippen molar-refractivity contribution in [2.45, 2.75) is 20.4 Å². The van der Waals surface area contributed by atoms with E-state index in [1.54, 1.807) is 6.07 Å². The fraction of sp³-hybridized carbons (Fsp3) is 0.412. The zero-order valence-corrected chi connectivity index (χ0v) is 13.4. The number of piperazine rings is 1. The van der Waals surface area contributed by atoms with Gasteiger partial charge in [-0.3, -0.25) is 9.69 Å². The van der Waals surface area contributed by atoms with Gasteiger partial charge in [0.1, 0.15) is 5.82 Å². The molecule has 0 spiro atoms. The number of halogens is 1. The van der Waals surface area contributed by atoms with E-state index in [0.29, 0.717) is 5.69 Å². The first-order valence-electron chi connectivity index (χ1n) is 7.73. The number of anilines is 1. The molecule has 1 aliphatic rings. The fourth-order valence-electron chi connectivity index (χ4n) is 2.98. The Hall–Kier alpha value is -2.21. The van der Waals surface area contributed by atoms with Crippen molar-refractivity contribution in [2.24, 2.45) is 0 Å². The predicted octanol–water partition coefficient (Wildman–Crippen LogP) is 2.65. The first-order chi connectivity index (χ1) is 11.0. The first-order valence-corrected chi connectivity index (χ1v) is 7.73. The van der Waals surface area contributed by atoms with Crippen molar-refractivity contribution in [1.29, 1.82) is 0 Å². The Morgan fingerprint density at radius 2 is 2.04 bits per heavy atom. The van der Waals surface area contributed by atoms with Crippen LogP contribution in [0.3, 0.4) is 0 Å². The summed E-state index contributed by atoms with van der Waals surface area (Å²) in [5.74, 6) is 0.165. The molecule has 122 valence electrons. The molecule has 3 rings (SSSR count). The molecule has 1 fully saturated rings. The minimum absolute atomic E-state index is 0.187. The summed E-state index contributed by atoms with van der Waals surface area (Å²) in [4.78, 5) is 16.1. The molecule has 6 heteroatoms. The van der Waals surface area contributed by atoms with Gasteiger partial charge >= 0.3 is 0 Å². The Morgan fingerprint density at radius 1 is 1.30 bits per heavy atom. The van der Waals surface area contributed by atoms with Crippen LogP contribution in [0.2, 0.25) is 0 Å². The third-order valence-corrected chi connectivity index (χ3v) is 4.11. The van der Waals surface area contributed by atoms with E-state index in [2.05, 4.69) is 15.0 Å². The number of rotatable bonds is 4. The second kappa shape index (κ2) is 6.50. The van der Waals surface area contributed by atoms with Crippen molar-refractivity contribution in [3.8, 4) is 0 Å². The summed E-state index contributed by atoms with van der Waals surface area (Å²) in [6, 6.07) is 6.74. The molecular formula is C17H20FN3O2. The van der Waals surface area contributed by atoms with Gasteiger partial charge in [-0.25, -0.2) is 4.39 Å². The van der Waals surface area contributed by atoms with E-state index >= 15 is 0 Å². The normalized spacial score (nSPS) is 15.9. The number of carbonyl (C=O) groups excluding carboxylic acids is 1. The Morgan fingerprint density at radius 3 is 2.65 bits per heavy atom. The molecule has 2 aromatic rings. The number of carbonyl (C=O) groups is 1. The van der Waals surface area contributed by atoms with Gasteiger partial charge in [-0.2, -0.15) is 0 Å². The highest BCUT2D eigenvalue weighted by atomic mass is 19.1. The lowest BCUT2D eigenvalue weighted by Gasteiger charge is -2.36. The largest absolute Gasteiger partial charge is 0.368 e. The van der Waals surface area contributed by atoms with E-state index in [9.17, 15) is 9.18 Å². The smallest absolute Gasteiger partial charge is 0.164 e. The molecule has 1 aromatic heterocycles. The maximum Gasteiger partial charge on any atom is 0.164 e. The molecule has 1 saturated heterocycles. The molecule has 23 heavy (non-hydrogen) atoms. The number of nitrogens with zero attached hydrogens (tertiary/aromatic N) is 3. The summed E-state index contributed by atoms with van der Waals surface area (Å²) >= 11 is 0.